The molecule has 2 aromatic carbocycles. The molecule has 9 nitrogen and oxygen atoms in total. The molecule has 3 rings (SSSR count). The fraction of sp³-hybridized carbons (Fsp3) is 0.292. The second-order valence-electron chi connectivity index (χ2n) is 8.28. The first-order valence-electron chi connectivity index (χ1n) is 10.9. The van der Waals surface area contributed by atoms with E-state index in [-0.39, 0.29) is 30.4 Å². The summed E-state index contributed by atoms with van der Waals surface area (Å²) in [5.41, 5.74) is 1.64. The number of likely N-dealkylation sites (N-methyl/N-ethyl adjacent to an activating group) is 1. The average Bonchev–Trinajstić information content (AvgIpc) is 2.79. The van der Waals surface area contributed by atoms with Gasteiger partial charge in [-0.3, -0.25) is 4.79 Å². The molecule has 0 unspecified atom stereocenters. The Morgan fingerprint density at radius 1 is 1.22 bits per heavy atom. The lowest BCUT2D eigenvalue weighted by atomic mass is 10.0. The lowest BCUT2D eigenvalue weighted by Crippen LogP contribution is -2.27. The van der Waals surface area contributed by atoms with Crippen LogP contribution in [0.15, 0.2) is 48.8 Å². The lowest BCUT2D eigenvalue weighted by Gasteiger charge is -2.14. The van der Waals surface area contributed by atoms with E-state index in [9.17, 15) is 17.6 Å². The number of ether oxygens (including phenoxy) is 1. The third kappa shape index (κ3) is 8.23. The van der Waals surface area contributed by atoms with Crippen molar-refractivity contribution in [3.8, 4) is 5.75 Å². The number of nitrogens with zero attached hydrogens (tertiary/aromatic N) is 3. The number of allylic oxidation sites excluding steroid dienone is 1. The van der Waals surface area contributed by atoms with Crippen molar-refractivity contribution in [3.63, 3.8) is 0 Å². The zero-order chi connectivity index (χ0) is 26.3. The highest BCUT2D eigenvalue weighted by Crippen LogP contribution is 2.31. The zero-order valence-corrected chi connectivity index (χ0v) is 21.7. The quantitative estimate of drug-likeness (QED) is 0.268. The molecule has 3 aromatic rings. The Morgan fingerprint density at radius 3 is 2.69 bits per heavy atom. The standard InChI is InChI=1S/C24H27ClFN5O4S/c1-31(2)9-4-5-18(32)11-16-12-19-22(14-23(16)35-10-8-29-36(3,33)34)27-15-28-24(19)30-17-6-7-21(26)20(25)13-17/h4-7,12-15,29H,8-11H2,1-3H3,(H,27,28,30)/b5-4+. The normalized spacial score (nSPS) is 11.9. The smallest absolute Gasteiger partial charge is 0.208 e. The molecule has 0 saturated heterocycles. The molecule has 0 amide bonds. The molecule has 0 aliphatic heterocycles. The lowest BCUT2D eigenvalue weighted by molar-refractivity contribution is -0.114. The molecule has 0 aliphatic carbocycles. The number of aromatic nitrogens is 2. The van der Waals surface area contributed by atoms with Crippen LogP contribution in [0, 0.1) is 5.82 Å². The van der Waals surface area contributed by atoms with Gasteiger partial charge < -0.3 is 15.0 Å². The predicted octanol–water partition coefficient (Wildman–Crippen LogP) is 3.32. The molecule has 0 bridgehead atoms. The SMILES string of the molecule is CN(C)C/C=C/C(=O)Cc1cc2c(Nc3ccc(F)c(Cl)c3)ncnc2cc1OCCNS(C)(=O)=O. The topological polar surface area (TPSA) is 114 Å². The van der Waals surface area contributed by atoms with Crippen LogP contribution in [0.5, 0.6) is 5.75 Å². The molecular formula is C24H27ClFN5O4S. The summed E-state index contributed by atoms with van der Waals surface area (Å²) in [6, 6.07) is 7.64. The largest absolute Gasteiger partial charge is 0.492 e. The summed E-state index contributed by atoms with van der Waals surface area (Å²) in [5.74, 6) is 0.170. The van der Waals surface area contributed by atoms with Crippen molar-refractivity contribution in [2.24, 2.45) is 0 Å². The first kappa shape index (κ1) is 27.5. The zero-order valence-electron chi connectivity index (χ0n) is 20.1. The summed E-state index contributed by atoms with van der Waals surface area (Å²) in [4.78, 5) is 23.2. The van der Waals surface area contributed by atoms with Gasteiger partial charge in [0, 0.05) is 42.2 Å². The number of rotatable bonds is 12. The van der Waals surface area contributed by atoms with Crippen LogP contribution in [-0.2, 0) is 21.2 Å². The maximum Gasteiger partial charge on any atom is 0.208 e. The summed E-state index contributed by atoms with van der Waals surface area (Å²) in [5, 5.41) is 3.68. The molecule has 1 heterocycles. The van der Waals surface area contributed by atoms with Gasteiger partial charge in [0.1, 0.15) is 30.3 Å². The molecule has 0 aliphatic rings. The van der Waals surface area contributed by atoms with Crippen LogP contribution in [-0.4, -0.2) is 69.1 Å². The number of halogens is 2. The third-order valence-electron chi connectivity index (χ3n) is 4.86. The highest BCUT2D eigenvalue weighted by molar-refractivity contribution is 7.88. The van der Waals surface area contributed by atoms with E-state index in [0.29, 0.717) is 40.3 Å². The highest BCUT2D eigenvalue weighted by atomic mass is 35.5. The molecule has 0 fully saturated rings. The first-order valence-corrected chi connectivity index (χ1v) is 13.2. The van der Waals surface area contributed by atoms with Gasteiger partial charge in [-0.15, -0.1) is 0 Å². The number of carbonyl (C=O) groups excluding carboxylic acids is 1. The molecule has 192 valence electrons. The first-order chi connectivity index (χ1) is 17.0. The number of benzene rings is 2. The fourth-order valence-electron chi connectivity index (χ4n) is 3.24. The van der Waals surface area contributed by atoms with Crippen LogP contribution in [0.25, 0.3) is 10.9 Å². The van der Waals surface area contributed by atoms with E-state index in [4.69, 9.17) is 16.3 Å². The van der Waals surface area contributed by atoms with Gasteiger partial charge in [-0.05, 0) is 44.4 Å². The van der Waals surface area contributed by atoms with Crippen molar-refractivity contribution in [1.82, 2.24) is 19.6 Å². The Balaban J connectivity index is 1.93. The second-order valence-corrected chi connectivity index (χ2v) is 10.5. The minimum absolute atomic E-state index is 0.0347. The number of nitrogens with one attached hydrogen (secondary N) is 2. The summed E-state index contributed by atoms with van der Waals surface area (Å²) < 4.78 is 44.4. The molecule has 0 spiro atoms. The minimum Gasteiger partial charge on any atom is -0.492 e. The fourth-order valence-corrected chi connectivity index (χ4v) is 3.88. The van der Waals surface area contributed by atoms with Gasteiger partial charge in [0.05, 0.1) is 16.8 Å². The minimum atomic E-state index is -3.36. The highest BCUT2D eigenvalue weighted by Gasteiger charge is 2.14. The van der Waals surface area contributed by atoms with Crippen LogP contribution < -0.4 is 14.8 Å². The number of ketones is 1. The van der Waals surface area contributed by atoms with Crippen molar-refractivity contribution < 1.29 is 22.3 Å². The number of fused-ring (bicyclic) bond motifs is 1. The Hall–Kier alpha value is -3.12. The van der Waals surface area contributed by atoms with Gasteiger partial charge >= 0.3 is 0 Å². The summed E-state index contributed by atoms with van der Waals surface area (Å²) in [7, 11) is 0.441. The maximum absolute atomic E-state index is 13.6. The molecule has 0 radical (unpaired) electrons. The molecule has 36 heavy (non-hydrogen) atoms. The number of hydrogen-bond donors (Lipinski definition) is 2. The van der Waals surface area contributed by atoms with E-state index in [0.717, 1.165) is 6.26 Å². The molecule has 2 N–H and O–H groups in total. The Kier molecular flexibility index (Phi) is 9.32. The van der Waals surface area contributed by atoms with Crippen LogP contribution in [0.2, 0.25) is 5.02 Å². The van der Waals surface area contributed by atoms with Gasteiger partial charge in [0.2, 0.25) is 10.0 Å². The summed E-state index contributed by atoms with van der Waals surface area (Å²) >= 11 is 5.90. The summed E-state index contributed by atoms with van der Waals surface area (Å²) in [6.07, 6.45) is 5.76. The van der Waals surface area contributed by atoms with Crippen molar-refractivity contribution in [2.75, 3.05) is 45.4 Å². The molecule has 0 saturated carbocycles. The van der Waals surface area contributed by atoms with E-state index in [2.05, 4.69) is 20.0 Å². The van der Waals surface area contributed by atoms with Crippen LogP contribution in [0.1, 0.15) is 5.56 Å². The maximum atomic E-state index is 13.6. The van der Waals surface area contributed by atoms with Gasteiger partial charge in [0.15, 0.2) is 5.78 Å². The Labute approximate surface area is 214 Å². The average molecular weight is 536 g/mol. The number of anilines is 2. The van der Waals surface area contributed by atoms with Gasteiger partial charge in [0.25, 0.3) is 0 Å². The van der Waals surface area contributed by atoms with Gasteiger partial charge in [-0.2, -0.15) is 0 Å². The third-order valence-corrected chi connectivity index (χ3v) is 5.88. The monoisotopic (exact) mass is 535 g/mol. The Morgan fingerprint density at radius 2 is 2.00 bits per heavy atom. The number of hydrogen-bond acceptors (Lipinski definition) is 8. The van der Waals surface area contributed by atoms with Crippen LogP contribution in [0.3, 0.4) is 0 Å². The molecule has 0 atom stereocenters. The predicted molar refractivity (Wildman–Crippen MR) is 139 cm³/mol. The number of sulfonamides is 1. The summed E-state index contributed by atoms with van der Waals surface area (Å²) in [6.45, 7) is 0.738. The van der Waals surface area contributed by atoms with Gasteiger partial charge in [-0.1, -0.05) is 17.7 Å². The van der Waals surface area contributed by atoms with E-state index >= 15 is 0 Å². The van der Waals surface area contributed by atoms with E-state index in [1.165, 1.54) is 30.6 Å². The molecule has 12 heteroatoms. The van der Waals surface area contributed by atoms with Crippen LogP contribution >= 0.6 is 11.6 Å². The van der Waals surface area contributed by atoms with E-state index in [1.807, 2.05) is 19.0 Å². The van der Waals surface area contributed by atoms with Crippen molar-refractivity contribution in [3.05, 3.63) is 65.2 Å². The Bertz CT molecular complexity index is 1380. The van der Waals surface area contributed by atoms with Gasteiger partial charge in [-0.25, -0.2) is 27.5 Å². The van der Waals surface area contributed by atoms with Crippen molar-refractivity contribution >= 4 is 49.8 Å². The number of carbonyl (C=O) groups is 1. The van der Waals surface area contributed by atoms with E-state index in [1.54, 1.807) is 18.2 Å². The second kappa shape index (κ2) is 12.2. The molecular weight excluding hydrogens is 509 g/mol. The van der Waals surface area contributed by atoms with Crippen LogP contribution in [0.4, 0.5) is 15.9 Å². The van der Waals surface area contributed by atoms with Crippen molar-refractivity contribution in [1.29, 1.82) is 0 Å². The molecule has 1 aromatic heterocycles. The van der Waals surface area contributed by atoms with E-state index < -0.39 is 15.8 Å². The van der Waals surface area contributed by atoms with Crippen molar-refractivity contribution in [2.45, 2.75) is 6.42 Å².